The van der Waals surface area contributed by atoms with E-state index in [0.717, 1.165) is 5.56 Å². The zero-order valence-electron chi connectivity index (χ0n) is 15.4. The van der Waals surface area contributed by atoms with Crippen LogP contribution in [0.4, 0.5) is 0 Å². The number of hydrogen-bond donors (Lipinski definition) is 2. The zero-order valence-corrected chi connectivity index (χ0v) is 15.4. The van der Waals surface area contributed by atoms with Gasteiger partial charge in [0.2, 0.25) is 5.91 Å². The summed E-state index contributed by atoms with van der Waals surface area (Å²) in [5, 5.41) is 5.66. The van der Waals surface area contributed by atoms with Crippen molar-refractivity contribution in [2.75, 3.05) is 6.61 Å². The number of hydrogen-bond acceptors (Lipinski definition) is 4. The van der Waals surface area contributed by atoms with E-state index in [4.69, 9.17) is 4.74 Å². The highest BCUT2D eigenvalue weighted by atomic mass is 16.5. The van der Waals surface area contributed by atoms with Crippen LogP contribution in [-0.2, 0) is 11.3 Å². The van der Waals surface area contributed by atoms with Gasteiger partial charge in [0.15, 0.2) is 0 Å². The summed E-state index contributed by atoms with van der Waals surface area (Å²) >= 11 is 0. The van der Waals surface area contributed by atoms with E-state index in [1.165, 1.54) is 0 Å². The highest BCUT2D eigenvalue weighted by Crippen LogP contribution is 2.13. The van der Waals surface area contributed by atoms with E-state index in [-0.39, 0.29) is 17.7 Å². The highest BCUT2D eigenvalue weighted by molar-refractivity contribution is 5.97. The molecule has 138 valence electrons. The number of nitrogens with one attached hydrogen (secondary N) is 2. The Morgan fingerprint density at radius 1 is 1.15 bits per heavy atom. The first-order valence-corrected chi connectivity index (χ1v) is 8.71. The molecule has 2 amide bonds. The van der Waals surface area contributed by atoms with E-state index in [1.54, 1.807) is 36.7 Å². The number of rotatable bonds is 8. The third-order valence-corrected chi connectivity index (χ3v) is 3.85. The first kappa shape index (κ1) is 19.4. The highest BCUT2D eigenvalue weighted by Gasteiger charge is 2.24. The van der Waals surface area contributed by atoms with Crippen molar-refractivity contribution in [3.63, 3.8) is 0 Å². The Morgan fingerprint density at radius 3 is 2.46 bits per heavy atom. The third-order valence-electron chi connectivity index (χ3n) is 3.85. The monoisotopic (exact) mass is 355 g/mol. The van der Waals surface area contributed by atoms with Crippen LogP contribution >= 0.6 is 0 Å². The lowest BCUT2D eigenvalue weighted by Crippen LogP contribution is -2.49. The maximum atomic E-state index is 12.5. The van der Waals surface area contributed by atoms with E-state index in [0.29, 0.717) is 24.5 Å². The molecule has 2 aromatic rings. The van der Waals surface area contributed by atoms with Gasteiger partial charge in [-0.1, -0.05) is 19.9 Å². The van der Waals surface area contributed by atoms with Crippen molar-refractivity contribution in [3.8, 4) is 5.75 Å². The number of carbonyl (C=O) groups is 2. The molecule has 0 saturated carbocycles. The average Bonchev–Trinajstić information content (AvgIpc) is 2.65. The third kappa shape index (κ3) is 5.58. The smallest absolute Gasteiger partial charge is 0.251 e. The second-order valence-electron chi connectivity index (χ2n) is 6.23. The number of carbonyl (C=O) groups excluding carboxylic acids is 2. The lowest BCUT2D eigenvalue weighted by atomic mass is 10.0. The quantitative estimate of drug-likeness (QED) is 0.763. The molecular weight excluding hydrogens is 330 g/mol. The molecule has 0 aliphatic heterocycles. The molecule has 0 saturated heterocycles. The largest absolute Gasteiger partial charge is 0.494 e. The molecule has 0 bridgehead atoms. The van der Waals surface area contributed by atoms with Crippen LogP contribution in [0, 0.1) is 5.92 Å². The summed E-state index contributed by atoms with van der Waals surface area (Å²) in [6.07, 6.45) is 3.38. The molecule has 1 aromatic heterocycles. The minimum atomic E-state index is -0.620. The molecule has 0 aliphatic carbocycles. The van der Waals surface area contributed by atoms with Crippen LogP contribution < -0.4 is 15.4 Å². The fourth-order valence-corrected chi connectivity index (χ4v) is 2.43. The minimum Gasteiger partial charge on any atom is -0.494 e. The molecule has 0 spiro atoms. The van der Waals surface area contributed by atoms with Gasteiger partial charge in [0, 0.05) is 24.5 Å². The average molecular weight is 355 g/mol. The predicted molar refractivity (Wildman–Crippen MR) is 99.8 cm³/mol. The van der Waals surface area contributed by atoms with Crippen LogP contribution in [0.15, 0.2) is 48.8 Å². The molecule has 2 N–H and O–H groups in total. The van der Waals surface area contributed by atoms with Crippen molar-refractivity contribution in [1.82, 2.24) is 15.6 Å². The van der Waals surface area contributed by atoms with Crippen LogP contribution in [0.2, 0.25) is 0 Å². The summed E-state index contributed by atoms with van der Waals surface area (Å²) in [5.74, 6) is 0.153. The van der Waals surface area contributed by atoms with Gasteiger partial charge >= 0.3 is 0 Å². The number of aromatic nitrogens is 1. The van der Waals surface area contributed by atoms with Crippen molar-refractivity contribution in [2.45, 2.75) is 33.4 Å². The van der Waals surface area contributed by atoms with E-state index < -0.39 is 6.04 Å². The van der Waals surface area contributed by atoms with Gasteiger partial charge in [-0.05, 0) is 48.7 Å². The molecule has 0 radical (unpaired) electrons. The predicted octanol–water partition coefficient (Wildman–Crippen LogP) is 2.55. The Kier molecular flexibility index (Phi) is 7.14. The summed E-state index contributed by atoms with van der Waals surface area (Å²) in [4.78, 5) is 29.0. The molecule has 6 heteroatoms. The van der Waals surface area contributed by atoms with Crippen molar-refractivity contribution in [2.24, 2.45) is 5.92 Å². The van der Waals surface area contributed by atoms with Crippen molar-refractivity contribution < 1.29 is 14.3 Å². The summed E-state index contributed by atoms with van der Waals surface area (Å²) in [7, 11) is 0. The first-order chi connectivity index (χ1) is 12.5. The summed E-state index contributed by atoms with van der Waals surface area (Å²) in [6, 6.07) is 9.93. The molecule has 0 aliphatic rings. The van der Waals surface area contributed by atoms with E-state index >= 15 is 0 Å². The molecule has 2 rings (SSSR count). The minimum absolute atomic E-state index is 0.0458. The van der Waals surface area contributed by atoms with E-state index in [1.807, 2.05) is 32.9 Å². The maximum absolute atomic E-state index is 12.5. The lowest BCUT2D eigenvalue weighted by Gasteiger charge is -2.22. The Balaban J connectivity index is 1.97. The number of benzene rings is 1. The SMILES string of the molecule is CCOc1ccc(C(=O)N[C@@H](C(=O)NCc2cccnc2)C(C)C)cc1. The van der Waals surface area contributed by atoms with Gasteiger partial charge in [-0.2, -0.15) is 0 Å². The van der Waals surface area contributed by atoms with Gasteiger partial charge < -0.3 is 15.4 Å². The van der Waals surface area contributed by atoms with Gasteiger partial charge in [-0.3, -0.25) is 14.6 Å². The summed E-state index contributed by atoms with van der Waals surface area (Å²) < 4.78 is 5.37. The van der Waals surface area contributed by atoms with Gasteiger partial charge in [0.25, 0.3) is 5.91 Å². The standard InChI is InChI=1S/C20H25N3O3/c1-4-26-17-9-7-16(8-10-17)19(24)23-18(14(2)3)20(25)22-13-15-6-5-11-21-12-15/h5-12,14,18H,4,13H2,1-3H3,(H,22,25)(H,23,24)/t18-/m1/s1. The van der Waals surface area contributed by atoms with Crippen molar-refractivity contribution in [1.29, 1.82) is 0 Å². The van der Waals surface area contributed by atoms with Crippen LogP contribution in [0.3, 0.4) is 0 Å². The molecule has 0 unspecified atom stereocenters. The van der Waals surface area contributed by atoms with Crippen LogP contribution in [0.5, 0.6) is 5.75 Å². The Bertz CT molecular complexity index is 715. The molecule has 26 heavy (non-hydrogen) atoms. The topological polar surface area (TPSA) is 80.3 Å². The van der Waals surface area contributed by atoms with Crippen molar-refractivity contribution in [3.05, 3.63) is 59.9 Å². The first-order valence-electron chi connectivity index (χ1n) is 8.71. The van der Waals surface area contributed by atoms with Gasteiger partial charge in [-0.15, -0.1) is 0 Å². The molecule has 1 aromatic carbocycles. The fraction of sp³-hybridized carbons (Fsp3) is 0.350. The number of ether oxygens (including phenoxy) is 1. The van der Waals surface area contributed by atoms with Crippen LogP contribution in [0.25, 0.3) is 0 Å². The Morgan fingerprint density at radius 2 is 1.88 bits per heavy atom. The fourth-order valence-electron chi connectivity index (χ4n) is 2.43. The van der Waals surface area contributed by atoms with E-state index in [9.17, 15) is 9.59 Å². The number of nitrogens with zero attached hydrogens (tertiary/aromatic N) is 1. The molecule has 0 fully saturated rings. The van der Waals surface area contributed by atoms with Crippen LogP contribution in [0.1, 0.15) is 36.7 Å². The van der Waals surface area contributed by atoms with Crippen LogP contribution in [-0.4, -0.2) is 29.4 Å². The zero-order chi connectivity index (χ0) is 18.9. The van der Waals surface area contributed by atoms with E-state index in [2.05, 4.69) is 15.6 Å². The normalized spacial score (nSPS) is 11.7. The molecule has 6 nitrogen and oxygen atoms in total. The van der Waals surface area contributed by atoms with Crippen molar-refractivity contribution >= 4 is 11.8 Å². The lowest BCUT2D eigenvalue weighted by molar-refractivity contribution is -0.124. The number of amides is 2. The Labute approximate surface area is 154 Å². The molecular formula is C20H25N3O3. The number of pyridine rings is 1. The maximum Gasteiger partial charge on any atom is 0.251 e. The second kappa shape index (κ2) is 9.56. The Hall–Kier alpha value is -2.89. The molecule has 1 heterocycles. The van der Waals surface area contributed by atoms with Gasteiger partial charge in [0.1, 0.15) is 11.8 Å². The van der Waals surface area contributed by atoms with Gasteiger partial charge in [-0.25, -0.2) is 0 Å². The van der Waals surface area contributed by atoms with Gasteiger partial charge in [0.05, 0.1) is 6.61 Å². The molecule has 1 atom stereocenters. The summed E-state index contributed by atoms with van der Waals surface area (Å²) in [5.41, 5.74) is 1.39. The second-order valence-corrected chi connectivity index (χ2v) is 6.23. The summed E-state index contributed by atoms with van der Waals surface area (Å²) in [6.45, 7) is 6.63.